The fourth-order valence-corrected chi connectivity index (χ4v) is 1.67. The van der Waals surface area contributed by atoms with E-state index in [0.717, 1.165) is 18.6 Å². The van der Waals surface area contributed by atoms with Gasteiger partial charge in [0.2, 0.25) is 5.91 Å². The summed E-state index contributed by atoms with van der Waals surface area (Å²) in [4.78, 5) is 11.8. The number of carbonyl (C=O) groups excluding carboxylic acids is 1. The van der Waals surface area contributed by atoms with E-state index in [4.69, 9.17) is 5.73 Å². The van der Waals surface area contributed by atoms with E-state index in [1.54, 1.807) is 6.92 Å². The Morgan fingerprint density at radius 1 is 1.37 bits per heavy atom. The van der Waals surface area contributed by atoms with Crippen LogP contribution in [0.2, 0.25) is 0 Å². The van der Waals surface area contributed by atoms with Crippen molar-refractivity contribution in [2.75, 3.05) is 0 Å². The van der Waals surface area contributed by atoms with Gasteiger partial charge in [0.1, 0.15) is 0 Å². The summed E-state index contributed by atoms with van der Waals surface area (Å²) in [6.07, 6.45) is 1.36. The normalized spacial score (nSPS) is 13.3. The molecule has 0 bridgehead atoms. The lowest BCUT2D eigenvalue weighted by molar-refractivity contribution is -0.126. The summed E-state index contributed by atoms with van der Waals surface area (Å²) in [5.74, 6) is -2.13. The van der Waals surface area contributed by atoms with Crippen LogP contribution < -0.4 is 11.1 Å². The molecule has 0 saturated heterocycles. The zero-order chi connectivity index (χ0) is 13.8. The van der Waals surface area contributed by atoms with Crippen molar-refractivity contribution in [3.8, 4) is 0 Å². The quantitative estimate of drug-likeness (QED) is 0.876. The van der Waals surface area contributed by atoms with Crippen LogP contribution in [-0.4, -0.2) is 11.4 Å². The third-order valence-corrected chi connectivity index (χ3v) is 2.73. The standard InChI is InChI=1S/C13H18F2N2O.ClH/c1-3-6-13(2,16)12(18)17-8-9-4-5-10(14)11(15)7-9;/h4-5,7H,3,6,8,16H2,1-2H3,(H,17,18);1H. The minimum Gasteiger partial charge on any atom is -0.350 e. The molecule has 1 unspecified atom stereocenters. The zero-order valence-electron chi connectivity index (χ0n) is 11.0. The monoisotopic (exact) mass is 292 g/mol. The number of amides is 1. The summed E-state index contributed by atoms with van der Waals surface area (Å²) >= 11 is 0. The first-order chi connectivity index (χ1) is 8.36. The second-order valence-corrected chi connectivity index (χ2v) is 4.60. The van der Waals surface area contributed by atoms with Gasteiger partial charge in [0.25, 0.3) is 0 Å². The molecule has 19 heavy (non-hydrogen) atoms. The van der Waals surface area contributed by atoms with Crippen molar-refractivity contribution in [3.63, 3.8) is 0 Å². The highest BCUT2D eigenvalue weighted by atomic mass is 35.5. The fourth-order valence-electron chi connectivity index (χ4n) is 1.67. The number of nitrogens with two attached hydrogens (primary N) is 1. The zero-order valence-corrected chi connectivity index (χ0v) is 11.8. The van der Waals surface area contributed by atoms with E-state index in [-0.39, 0.29) is 24.9 Å². The first-order valence-corrected chi connectivity index (χ1v) is 5.88. The van der Waals surface area contributed by atoms with Gasteiger partial charge in [0, 0.05) is 6.54 Å². The van der Waals surface area contributed by atoms with Crippen LogP contribution >= 0.6 is 12.4 Å². The van der Waals surface area contributed by atoms with Crippen molar-refractivity contribution in [2.45, 2.75) is 38.8 Å². The van der Waals surface area contributed by atoms with Gasteiger partial charge in [0.05, 0.1) is 5.54 Å². The maximum atomic E-state index is 12.9. The number of hydrogen-bond acceptors (Lipinski definition) is 2. The summed E-state index contributed by atoms with van der Waals surface area (Å²) in [6.45, 7) is 3.72. The van der Waals surface area contributed by atoms with Crippen LogP contribution in [0.5, 0.6) is 0 Å². The molecule has 1 aromatic carbocycles. The van der Waals surface area contributed by atoms with Crippen LogP contribution in [0.15, 0.2) is 18.2 Å². The van der Waals surface area contributed by atoms with Gasteiger partial charge in [-0.3, -0.25) is 4.79 Å². The Morgan fingerprint density at radius 2 is 2.00 bits per heavy atom. The summed E-state index contributed by atoms with van der Waals surface area (Å²) in [7, 11) is 0. The van der Waals surface area contributed by atoms with Crippen LogP contribution in [0, 0.1) is 11.6 Å². The molecule has 0 radical (unpaired) electrons. The summed E-state index contributed by atoms with van der Waals surface area (Å²) in [5.41, 5.74) is 5.40. The van der Waals surface area contributed by atoms with Crippen LogP contribution in [-0.2, 0) is 11.3 Å². The molecular formula is C13H19ClF2N2O. The van der Waals surface area contributed by atoms with Gasteiger partial charge < -0.3 is 11.1 Å². The second-order valence-electron chi connectivity index (χ2n) is 4.60. The Morgan fingerprint density at radius 3 is 2.53 bits per heavy atom. The molecule has 0 saturated carbocycles. The smallest absolute Gasteiger partial charge is 0.240 e. The molecule has 3 N–H and O–H groups in total. The van der Waals surface area contributed by atoms with Crippen molar-refractivity contribution >= 4 is 18.3 Å². The van der Waals surface area contributed by atoms with Gasteiger partial charge in [0.15, 0.2) is 11.6 Å². The number of rotatable bonds is 5. The highest BCUT2D eigenvalue weighted by molar-refractivity contribution is 5.85. The average Bonchev–Trinajstić information content (AvgIpc) is 2.30. The third kappa shape index (κ3) is 5.12. The molecular weight excluding hydrogens is 274 g/mol. The van der Waals surface area contributed by atoms with Crippen molar-refractivity contribution in [1.82, 2.24) is 5.32 Å². The Hall–Kier alpha value is -1.20. The van der Waals surface area contributed by atoms with E-state index in [9.17, 15) is 13.6 Å². The van der Waals surface area contributed by atoms with Gasteiger partial charge in [-0.2, -0.15) is 0 Å². The average molecular weight is 293 g/mol. The summed E-state index contributed by atoms with van der Waals surface area (Å²) in [6, 6.07) is 3.51. The van der Waals surface area contributed by atoms with E-state index in [1.807, 2.05) is 6.92 Å². The minimum atomic E-state index is -0.937. The number of carbonyl (C=O) groups is 1. The maximum Gasteiger partial charge on any atom is 0.240 e. The molecule has 0 aromatic heterocycles. The summed E-state index contributed by atoms with van der Waals surface area (Å²) in [5, 5.41) is 2.62. The molecule has 1 amide bonds. The van der Waals surface area contributed by atoms with Gasteiger partial charge in [-0.1, -0.05) is 19.4 Å². The van der Waals surface area contributed by atoms with Gasteiger partial charge in [-0.05, 0) is 31.0 Å². The Balaban J connectivity index is 0.00000324. The lowest BCUT2D eigenvalue weighted by Gasteiger charge is -2.22. The minimum absolute atomic E-state index is 0. The molecule has 3 nitrogen and oxygen atoms in total. The fraction of sp³-hybridized carbons (Fsp3) is 0.462. The molecule has 0 spiro atoms. The van der Waals surface area contributed by atoms with Crippen LogP contribution in [0.1, 0.15) is 32.3 Å². The Kier molecular flexibility index (Phi) is 6.94. The van der Waals surface area contributed by atoms with Crippen molar-refractivity contribution in [1.29, 1.82) is 0 Å². The number of hydrogen-bond donors (Lipinski definition) is 2. The van der Waals surface area contributed by atoms with Crippen molar-refractivity contribution in [3.05, 3.63) is 35.4 Å². The molecule has 0 fully saturated rings. The first kappa shape index (κ1) is 17.8. The molecule has 0 aliphatic heterocycles. The van der Waals surface area contributed by atoms with Crippen LogP contribution in [0.3, 0.4) is 0 Å². The Bertz CT molecular complexity index is 439. The number of halogens is 3. The molecule has 1 aromatic rings. The molecule has 0 aliphatic carbocycles. The third-order valence-electron chi connectivity index (χ3n) is 2.73. The SMILES string of the molecule is CCCC(C)(N)C(=O)NCc1ccc(F)c(F)c1.Cl. The van der Waals surface area contributed by atoms with Gasteiger partial charge >= 0.3 is 0 Å². The highest BCUT2D eigenvalue weighted by Crippen LogP contribution is 2.11. The first-order valence-electron chi connectivity index (χ1n) is 5.88. The van der Waals surface area contributed by atoms with Gasteiger partial charge in [-0.15, -0.1) is 12.4 Å². The number of benzene rings is 1. The molecule has 6 heteroatoms. The van der Waals surface area contributed by atoms with E-state index < -0.39 is 17.2 Å². The van der Waals surface area contributed by atoms with Crippen molar-refractivity contribution in [2.24, 2.45) is 5.73 Å². The second kappa shape index (κ2) is 7.40. The van der Waals surface area contributed by atoms with Crippen LogP contribution in [0.25, 0.3) is 0 Å². The molecule has 1 atom stereocenters. The lowest BCUT2D eigenvalue weighted by atomic mass is 9.96. The van der Waals surface area contributed by atoms with E-state index in [1.165, 1.54) is 6.07 Å². The summed E-state index contributed by atoms with van der Waals surface area (Å²) < 4.78 is 25.7. The molecule has 108 valence electrons. The lowest BCUT2D eigenvalue weighted by Crippen LogP contribution is -2.51. The molecule has 0 aliphatic rings. The van der Waals surface area contributed by atoms with Crippen molar-refractivity contribution < 1.29 is 13.6 Å². The largest absolute Gasteiger partial charge is 0.350 e. The molecule has 1 rings (SSSR count). The van der Waals surface area contributed by atoms with E-state index >= 15 is 0 Å². The maximum absolute atomic E-state index is 12.9. The van der Waals surface area contributed by atoms with E-state index in [0.29, 0.717) is 12.0 Å². The Labute approximate surface area is 118 Å². The van der Waals surface area contributed by atoms with Crippen LogP contribution in [0.4, 0.5) is 8.78 Å². The molecule has 0 heterocycles. The van der Waals surface area contributed by atoms with Gasteiger partial charge in [-0.25, -0.2) is 8.78 Å². The highest BCUT2D eigenvalue weighted by Gasteiger charge is 2.26. The predicted molar refractivity (Wildman–Crippen MR) is 73.0 cm³/mol. The predicted octanol–water partition coefficient (Wildman–Crippen LogP) is 2.52. The topological polar surface area (TPSA) is 55.1 Å². The van der Waals surface area contributed by atoms with E-state index in [2.05, 4.69) is 5.32 Å². The number of nitrogens with one attached hydrogen (secondary N) is 1.